The van der Waals surface area contributed by atoms with E-state index in [0.717, 1.165) is 60.6 Å². The number of hydrogen-bond donors (Lipinski definition) is 0. The molecule has 0 aliphatic carbocycles. The lowest BCUT2D eigenvalue weighted by atomic mass is 10.1. The number of fused-ring (bicyclic) bond motifs is 3. The molecular formula is C62H53BrNO13-7. The molecule has 77 heavy (non-hydrogen) atoms. The van der Waals surface area contributed by atoms with E-state index < -0.39 is 10.9 Å². The van der Waals surface area contributed by atoms with Crippen LogP contribution in [0, 0.1) is 10.1 Å². The smallest absolute Gasteiger partial charge is 0.269 e. The molecule has 0 N–H and O–H groups in total. The van der Waals surface area contributed by atoms with Crippen LogP contribution in [0.4, 0.5) is 5.69 Å². The van der Waals surface area contributed by atoms with Crippen LogP contribution >= 0.6 is 15.9 Å². The summed E-state index contributed by atoms with van der Waals surface area (Å²) in [7, 11) is 3.19. The Bertz CT molecular complexity index is 3350. The maximum Gasteiger partial charge on any atom is 0.269 e. The van der Waals surface area contributed by atoms with Gasteiger partial charge in [-0.1, -0.05) is 192 Å². The van der Waals surface area contributed by atoms with Crippen molar-refractivity contribution in [1.82, 2.24) is 0 Å². The van der Waals surface area contributed by atoms with Gasteiger partial charge in [0.2, 0.25) is 0 Å². The van der Waals surface area contributed by atoms with Gasteiger partial charge in [-0.15, -0.1) is 34.5 Å². The summed E-state index contributed by atoms with van der Waals surface area (Å²) in [6.07, 6.45) is 0. The van der Waals surface area contributed by atoms with Crippen LogP contribution in [0.25, 0.3) is 32.3 Å². The highest BCUT2D eigenvalue weighted by atomic mass is 79.9. The van der Waals surface area contributed by atoms with Crippen molar-refractivity contribution in [2.24, 2.45) is 0 Å². The highest BCUT2D eigenvalue weighted by Gasteiger charge is 2.10. The Morgan fingerprint density at radius 3 is 1.51 bits per heavy atom. The van der Waals surface area contributed by atoms with Crippen molar-refractivity contribution in [1.29, 1.82) is 0 Å². The van der Waals surface area contributed by atoms with Gasteiger partial charge >= 0.3 is 0 Å². The van der Waals surface area contributed by atoms with Crippen molar-refractivity contribution in [3.05, 3.63) is 244 Å². The number of carbonyl (C=O) groups excluding carboxylic acids is 1. The number of aromatic carboxylic acids is 1. The minimum Gasteiger partial charge on any atom is -0.872 e. The number of carbonyl (C=O) groups is 1. The predicted molar refractivity (Wildman–Crippen MR) is 291 cm³/mol. The van der Waals surface area contributed by atoms with Gasteiger partial charge in [0.15, 0.2) is 0 Å². The van der Waals surface area contributed by atoms with Crippen molar-refractivity contribution in [2.45, 2.75) is 33.0 Å². The quantitative estimate of drug-likeness (QED) is 0.111. The lowest BCUT2D eigenvalue weighted by molar-refractivity contribution is -0.385. The Kier molecular flexibility index (Phi) is 24.1. The molecule has 15 heteroatoms. The third-order valence-electron chi connectivity index (χ3n) is 10.1. The van der Waals surface area contributed by atoms with Crippen LogP contribution in [0.3, 0.4) is 0 Å². The Labute approximate surface area is 454 Å². The standard InChI is InChI=1S/C11H10O2.C10H14O2.2C10H8O.C9H10O3.C6H5BrO.C6H5NO3/c1-13-11-7-3-4-8-9(11)5-2-6-10(8)12;1-10(2,3)12-9-6-4-8(11)5-7-9;11-10-7-3-5-8-4-1-2-6-9(8)10;11-10-6-5-8-3-1-2-4-9(8)7-10;1-12-6-7-2-4-8(5-3-7)9(10)11;7-5-1-3-6(8)4-2-5;8-6-3-1-5(2-4-6)7(9)10/h2-7,12H,1H3;4-7,11H,1-3H3;2*1-7,11H;2-5H,6H2,1H3,(H,10,11);1-4,8H;1-4,8H/p-7. The molecule has 0 heterocycles. The third kappa shape index (κ3) is 21.6. The molecule has 0 amide bonds. The molecule has 0 saturated carbocycles. The summed E-state index contributed by atoms with van der Waals surface area (Å²) in [6, 6.07) is 60.5. The van der Waals surface area contributed by atoms with Crippen LogP contribution in [-0.2, 0) is 11.3 Å². The van der Waals surface area contributed by atoms with Gasteiger partial charge in [-0.2, -0.15) is 0 Å². The number of halogens is 1. The fourth-order valence-corrected chi connectivity index (χ4v) is 6.83. The van der Waals surface area contributed by atoms with E-state index >= 15 is 0 Å². The molecule has 0 unspecified atom stereocenters. The number of hydrogen-bond acceptors (Lipinski definition) is 13. The number of rotatable bonds is 6. The average molecular weight is 1100 g/mol. The number of benzene rings is 10. The molecule has 398 valence electrons. The zero-order valence-corrected chi connectivity index (χ0v) is 44.2. The first-order valence-corrected chi connectivity index (χ1v) is 24.2. The minimum absolute atomic E-state index is 0.0104. The first kappa shape index (κ1) is 60.2. The van der Waals surface area contributed by atoms with Gasteiger partial charge in [-0.05, 0) is 89.2 Å². The summed E-state index contributed by atoms with van der Waals surface area (Å²) in [5.74, 6) is 0.384. The molecule has 0 aromatic heterocycles. The van der Waals surface area contributed by atoms with Crippen LogP contribution in [0.15, 0.2) is 223 Å². The van der Waals surface area contributed by atoms with Crippen LogP contribution < -0.4 is 45.2 Å². The van der Waals surface area contributed by atoms with E-state index in [2.05, 4.69) is 15.9 Å². The SMILES string of the molecule is CC(C)(C)Oc1ccc([O-])cc1.COCc1ccc(C(=O)[O-])cc1.COc1cccc2c([O-])cccc12.O=[N+]([O-])c1ccc([O-])cc1.[O-]c1ccc(Br)cc1.[O-]c1ccc2ccccc2c1.[O-]c1cccc2ccccc12. The van der Waals surface area contributed by atoms with E-state index in [0.29, 0.717) is 12.0 Å². The largest absolute Gasteiger partial charge is 0.872 e. The summed E-state index contributed by atoms with van der Waals surface area (Å²) in [5.41, 5.74) is 0.877. The maximum absolute atomic E-state index is 11.4. The molecule has 14 nitrogen and oxygen atoms in total. The fourth-order valence-electron chi connectivity index (χ4n) is 6.56. The second-order valence-electron chi connectivity index (χ2n) is 17.1. The fraction of sp³-hybridized carbons (Fsp3) is 0.113. The van der Waals surface area contributed by atoms with Crippen molar-refractivity contribution in [2.75, 3.05) is 14.2 Å². The zero-order valence-electron chi connectivity index (χ0n) is 42.6. The second-order valence-corrected chi connectivity index (χ2v) is 18.0. The van der Waals surface area contributed by atoms with Gasteiger partial charge in [-0.3, -0.25) is 10.1 Å². The van der Waals surface area contributed by atoms with E-state index in [4.69, 9.17) is 14.2 Å². The third-order valence-corrected chi connectivity index (χ3v) is 10.7. The molecule has 0 aliphatic heterocycles. The molecule has 10 aromatic carbocycles. The van der Waals surface area contributed by atoms with Gasteiger partial charge in [0.1, 0.15) is 17.1 Å². The summed E-state index contributed by atoms with van der Waals surface area (Å²) >= 11 is 3.21. The summed E-state index contributed by atoms with van der Waals surface area (Å²) in [4.78, 5) is 19.8. The van der Waals surface area contributed by atoms with Crippen molar-refractivity contribution < 1.29 is 59.7 Å². The number of nitro benzene ring substituents is 1. The molecule has 10 aromatic rings. The number of nitro groups is 1. The predicted octanol–water partition coefficient (Wildman–Crippen LogP) is 10.1. The number of methoxy groups -OCH3 is 2. The number of carboxylic acids is 1. The number of non-ortho nitro benzene ring substituents is 1. The Morgan fingerprint density at radius 2 is 0.974 bits per heavy atom. The van der Waals surface area contributed by atoms with Gasteiger partial charge in [-0.25, -0.2) is 0 Å². The number of nitrogens with zero attached hydrogens (tertiary/aromatic N) is 1. The van der Waals surface area contributed by atoms with Crippen LogP contribution in [-0.4, -0.2) is 30.7 Å². The van der Waals surface area contributed by atoms with Crippen LogP contribution in [0.1, 0.15) is 36.7 Å². The summed E-state index contributed by atoms with van der Waals surface area (Å²) in [6.45, 7) is 6.40. The van der Waals surface area contributed by atoms with Gasteiger partial charge in [0, 0.05) is 29.1 Å². The average Bonchev–Trinajstić information content (AvgIpc) is 3.41. The Morgan fingerprint density at radius 1 is 0.506 bits per heavy atom. The topological polar surface area (TPSA) is 249 Å². The minimum atomic E-state index is -1.15. The Balaban J connectivity index is 0.000000195. The molecule has 0 aliphatic rings. The molecule has 10 rings (SSSR count). The van der Waals surface area contributed by atoms with Gasteiger partial charge in [0.05, 0.1) is 24.6 Å². The monoisotopic (exact) mass is 1100 g/mol. The number of ether oxygens (including phenoxy) is 3. The molecule has 0 fully saturated rings. The normalized spacial score (nSPS) is 10.1. The lowest BCUT2D eigenvalue weighted by Gasteiger charge is -2.21. The van der Waals surface area contributed by atoms with Crippen LogP contribution in [0.5, 0.6) is 46.0 Å². The van der Waals surface area contributed by atoms with Gasteiger partial charge < -0.3 is 54.8 Å². The second kappa shape index (κ2) is 30.8. The summed E-state index contributed by atoms with van der Waals surface area (Å²) in [5, 5.41) is 90.9. The zero-order chi connectivity index (χ0) is 56.3. The van der Waals surface area contributed by atoms with E-state index in [9.17, 15) is 50.7 Å². The molecule has 0 saturated heterocycles. The van der Waals surface area contributed by atoms with Gasteiger partial charge in [0.25, 0.3) is 5.69 Å². The Hall–Kier alpha value is -9.31. The molecule has 0 atom stereocenters. The molecule has 0 spiro atoms. The van der Waals surface area contributed by atoms with Crippen LogP contribution in [0.2, 0.25) is 0 Å². The van der Waals surface area contributed by atoms with Crippen molar-refractivity contribution in [3.63, 3.8) is 0 Å². The first-order chi connectivity index (χ1) is 36.8. The first-order valence-electron chi connectivity index (χ1n) is 23.4. The highest BCUT2D eigenvalue weighted by Crippen LogP contribution is 2.29. The molecular weight excluding hydrogens is 1050 g/mol. The van der Waals surface area contributed by atoms with E-state index in [1.54, 1.807) is 93.1 Å². The maximum atomic E-state index is 11.4. The summed E-state index contributed by atoms with van der Waals surface area (Å²) < 4.78 is 16.5. The van der Waals surface area contributed by atoms with Crippen molar-refractivity contribution in [3.8, 4) is 46.0 Å². The van der Waals surface area contributed by atoms with E-state index in [1.807, 2.05) is 99.6 Å². The highest BCUT2D eigenvalue weighted by molar-refractivity contribution is 9.10. The molecule has 0 radical (unpaired) electrons. The lowest BCUT2D eigenvalue weighted by Crippen LogP contribution is -2.22. The number of carboxylic acid groups (broad SMARTS) is 1. The van der Waals surface area contributed by atoms with E-state index in [-0.39, 0.29) is 51.3 Å². The molecule has 0 bridgehead atoms. The van der Waals surface area contributed by atoms with E-state index in [1.165, 1.54) is 48.5 Å². The van der Waals surface area contributed by atoms with Crippen molar-refractivity contribution >= 4 is 59.9 Å².